The van der Waals surface area contributed by atoms with Crippen LogP contribution in [0.4, 0.5) is 0 Å². The lowest BCUT2D eigenvalue weighted by molar-refractivity contribution is 0.302. The van der Waals surface area contributed by atoms with Gasteiger partial charge in [-0.15, -0.1) is 11.3 Å². The predicted molar refractivity (Wildman–Crippen MR) is 77.9 cm³/mol. The third-order valence-electron chi connectivity index (χ3n) is 3.08. The number of hydrogen-bond donors (Lipinski definition) is 0. The number of nitrogens with zero attached hydrogens (tertiary/aromatic N) is 2. The van der Waals surface area contributed by atoms with Crippen LogP contribution >= 0.6 is 11.3 Å². The fraction of sp³-hybridized carbons (Fsp3) is 0.267. The Morgan fingerprint density at radius 2 is 2.05 bits per heavy atom. The molecular formula is C15H16N2OS. The number of aromatic nitrogens is 2. The topological polar surface area (TPSA) is 26.5 Å². The second kappa shape index (κ2) is 5.05. The lowest BCUT2D eigenvalue weighted by atomic mass is 10.0. The Labute approximate surface area is 116 Å². The number of benzene rings is 1. The van der Waals surface area contributed by atoms with Gasteiger partial charge >= 0.3 is 0 Å². The molecule has 0 saturated carbocycles. The number of ether oxygens (including phenoxy) is 1. The van der Waals surface area contributed by atoms with Crippen LogP contribution in [-0.2, 0) is 6.61 Å². The fourth-order valence-electron chi connectivity index (χ4n) is 1.95. The van der Waals surface area contributed by atoms with Crippen LogP contribution in [-0.4, -0.2) is 9.38 Å². The Hall–Kier alpha value is -1.81. The van der Waals surface area contributed by atoms with Crippen LogP contribution in [0.15, 0.2) is 42.0 Å². The lowest BCUT2D eigenvalue weighted by Crippen LogP contribution is -1.96. The molecule has 2 heterocycles. The fourth-order valence-corrected chi connectivity index (χ4v) is 2.67. The van der Waals surface area contributed by atoms with Crippen LogP contribution in [0.25, 0.3) is 4.96 Å². The van der Waals surface area contributed by atoms with Crippen molar-refractivity contribution in [2.45, 2.75) is 26.4 Å². The first kappa shape index (κ1) is 12.2. The maximum atomic E-state index is 5.75. The van der Waals surface area contributed by atoms with E-state index in [1.165, 1.54) is 5.56 Å². The average molecular weight is 272 g/mol. The monoisotopic (exact) mass is 272 g/mol. The molecular weight excluding hydrogens is 256 g/mol. The SMILES string of the molecule is CC(C)c1ccc(OCc2cn3ccsc3n2)cc1. The van der Waals surface area contributed by atoms with Gasteiger partial charge in [0.15, 0.2) is 4.96 Å². The summed E-state index contributed by atoms with van der Waals surface area (Å²) in [7, 11) is 0. The molecule has 0 amide bonds. The highest BCUT2D eigenvalue weighted by atomic mass is 32.1. The molecule has 0 atom stereocenters. The van der Waals surface area contributed by atoms with Crippen molar-refractivity contribution in [3.63, 3.8) is 0 Å². The smallest absolute Gasteiger partial charge is 0.193 e. The van der Waals surface area contributed by atoms with Gasteiger partial charge in [0.1, 0.15) is 12.4 Å². The van der Waals surface area contributed by atoms with Gasteiger partial charge in [-0.25, -0.2) is 4.98 Å². The highest BCUT2D eigenvalue weighted by molar-refractivity contribution is 7.15. The second-order valence-electron chi connectivity index (χ2n) is 4.84. The number of thiazole rings is 1. The molecule has 3 nitrogen and oxygen atoms in total. The van der Waals surface area contributed by atoms with E-state index in [0.717, 1.165) is 16.4 Å². The van der Waals surface area contributed by atoms with Gasteiger partial charge < -0.3 is 4.74 Å². The number of imidazole rings is 1. The summed E-state index contributed by atoms with van der Waals surface area (Å²) in [6.07, 6.45) is 4.02. The average Bonchev–Trinajstić information content (AvgIpc) is 2.97. The maximum absolute atomic E-state index is 5.75. The summed E-state index contributed by atoms with van der Waals surface area (Å²) in [6, 6.07) is 8.28. The zero-order valence-electron chi connectivity index (χ0n) is 11.0. The van der Waals surface area contributed by atoms with Crippen molar-refractivity contribution in [2.24, 2.45) is 0 Å². The van der Waals surface area contributed by atoms with E-state index in [4.69, 9.17) is 4.74 Å². The van der Waals surface area contributed by atoms with E-state index in [0.29, 0.717) is 12.5 Å². The second-order valence-corrected chi connectivity index (χ2v) is 5.71. The molecule has 4 heteroatoms. The summed E-state index contributed by atoms with van der Waals surface area (Å²) in [5.41, 5.74) is 2.29. The molecule has 2 aromatic heterocycles. The normalized spacial score (nSPS) is 11.3. The minimum atomic E-state index is 0.509. The highest BCUT2D eigenvalue weighted by Gasteiger charge is 2.04. The van der Waals surface area contributed by atoms with Gasteiger partial charge in [0.25, 0.3) is 0 Å². The van der Waals surface area contributed by atoms with Gasteiger partial charge in [-0.05, 0) is 23.6 Å². The number of hydrogen-bond acceptors (Lipinski definition) is 3. The Kier molecular flexibility index (Phi) is 3.25. The van der Waals surface area contributed by atoms with Crippen molar-refractivity contribution in [1.82, 2.24) is 9.38 Å². The van der Waals surface area contributed by atoms with Gasteiger partial charge in [0, 0.05) is 17.8 Å². The summed E-state index contributed by atoms with van der Waals surface area (Å²) >= 11 is 1.63. The molecule has 0 unspecified atom stereocenters. The molecule has 0 spiro atoms. The maximum Gasteiger partial charge on any atom is 0.193 e. The van der Waals surface area contributed by atoms with E-state index in [1.54, 1.807) is 11.3 Å². The van der Waals surface area contributed by atoms with Crippen molar-refractivity contribution >= 4 is 16.3 Å². The molecule has 1 aromatic carbocycles. The van der Waals surface area contributed by atoms with Gasteiger partial charge in [-0.1, -0.05) is 26.0 Å². The van der Waals surface area contributed by atoms with Gasteiger partial charge in [0.05, 0.1) is 5.69 Å². The molecule has 0 aliphatic rings. The summed E-state index contributed by atoms with van der Waals surface area (Å²) < 4.78 is 7.77. The predicted octanol–water partition coefficient (Wildman–Crippen LogP) is 4.10. The van der Waals surface area contributed by atoms with Crippen molar-refractivity contribution in [1.29, 1.82) is 0 Å². The van der Waals surface area contributed by atoms with Gasteiger partial charge in [-0.2, -0.15) is 0 Å². The molecule has 0 N–H and O–H groups in total. The highest BCUT2D eigenvalue weighted by Crippen LogP contribution is 2.19. The van der Waals surface area contributed by atoms with E-state index in [2.05, 4.69) is 31.0 Å². The number of fused-ring (bicyclic) bond motifs is 1. The van der Waals surface area contributed by atoms with Gasteiger partial charge in [0.2, 0.25) is 0 Å². The molecule has 0 radical (unpaired) electrons. The van der Waals surface area contributed by atoms with Crippen molar-refractivity contribution in [2.75, 3.05) is 0 Å². The Morgan fingerprint density at radius 1 is 1.26 bits per heavy atom. The largest absolute Gasteiger partial charge is 0.487 e. The van der Waals surface area contributed by atoms with Crippen molar-refractivity contribution in [3.8, 4) is 5.75 Å². The first-order valence-electron chi connectivity index (χ1n) is 6.36. The van der Waals surface area contributed by atoms with Crippen molar-refractivity contribution in [3.05, 3.63) is 53.3 Å². The first-order chi connectivity index (χ1) is 9.22. The van der Waals surface area contributed by atoms with E-state index in [1.807, 2.05) is 34.3 Å². The lowest BCUT2D eigenvalue weighted by Gasteiger charge is -2.07. The number of rotatable bonds is 4. The summed E-state index contributed by atoms with van der Waals surface area (Å²) in [5.74, 6) is 1.44. The zero-order valence-corrected chi connectivity index (χ0v) is 11.9. The zero-order chi connectivity index (χ0) is 13.2. The van der Waals surface area contributed by atoms with E-state index in [-0.39, 0.29) is 0 Å². The molecule has 3 rings (SSSR count). The van der Waals surface area contributed by atoms with E-state index >= 15 is 0 Å². The van der Waals surface area contributed by atoms with Crippen LogP contribution in [0.2, 0.25) is 0 Å². The Bertz CT molecular complexity index is 638. The van der Waals surface area contributed by atoms with Crippen LogP contribution < -0.4 is 4.74 Å². The van der Waals surface area contributed by atoms with Crippen molar-refractivity contribution < 1.29 is 4.74 Å². The van der Waals surface area contributed by atoms with Gasteiger partial charge in [-0.3, -0.25) is 4.40 Å². The van der Waals surface area contributed by atoms with Crippen LogP contribution in [0.5, 0.6) is 5.75 Å². The summed E-state index contributed by atoms with van der Waals surface area (Å²) in [6.45, 7) is 4.89. The van der Waals surface area contributed by atoms with E-state index < -0.39 is 0 Å². The van der Waals surface area contributed by atoms with Crippen LogP contribution in [0.1, 0.15) is 31.0 Å². The minimum Gasteiger partial charge on any atom is -0.487 e. The Morgan fingerprint density at radius 3 is 2.74 bits per heavy atom. The van der Waals surface area contributed by atoms with Crippen LogP contribution in [0, 0.1) is 0 Å². The molecule has 0 saturated heterocycles. The third kappa shape index (κ3) is 2.63. The van der Waals surface area contributed by atoms with E-state index in [9.17, 15) is 0 Å². The minimum absolute atomic E-state index is 0.509. The standard InChI is InChI=1S/C15H16N2OS/c1-11(2)12-3-5-14(6-4-12)18-10-13-9-17-7-8-19-15(17)16-13/h3-9,11H,10H2,1-2H3. The molecule has 0 aliphatic carbocycles. The third-order valence-corrected chi connectivity index (χ3v) is 3.85. The molecule has 0 aliphatic heterocycles. The summed E-state index contributed by atoms with van der Waals surface area (Å²) in [5, 5.41) is 2.03. The summed E-state index contributed by atoms with van der Waals surface area (Å²) in [4.78, 5) is 5.50. The molecule has 3 aromatic rings. The quantitative estimate of drug-likeness (QED) is 0.715. The first-order valence-corrected chi connectivity index (χ1v) is 7.24. The molecule has 0 bridgehead atoms. The molecule has 0 fully saturated rings. The Balaban J connectivity index is 1.67. The molecule has 19 heavy (non-hydrogen) atoms. The van der Waals surface area contributed by atoms with Crippen LogP contribution in [0.3, 0.4) is 0 Å². The molecule has 98 valence electrons.